The maximum atomic E-state index is 12.0. The summed E-state index contributed by atoms with van der Waals surface area (Å²) in [5.41, 5.74) is 7.42. The van der Waals surface area contributed by atoms with Gasteiger partial charge in [-0.15, -0.1) is 0 Å². The quantitative estimate of drug-likeness (QED) is 0.849. The molecule has 0 radical (unpaired) electrons. The van der Waals surface area contributed by atoms with E-state index in [-0.39, 0.29) is 5.91 Å². The van der Waals surface area contributed by atoms with Crippen LogP contribution in [0.3, 0.4) is 0 Å². The normalized spacial score (nSPS) is 11.7. The molecule has 0 fully saturated rings. The van der Waals surface area contributed by atoms with E-state index in [1.165, 1.54) is 0 Å². The third-order valence-corrected chi connectivity index (χ3v) is 3.04. The molecule has 0 aliphatic rings. The van der Waals surface area contributed by atoms with Crippen molar-refractivity contribution in [2.75, 3.05) is 7.05 Å². The average Bonchev–Trinajstić information content (AvgIpc) is 2.43. The van der Waals surface area contributed by atoms with Gasteiger partial charge in [-0.3, -0.25) is 4.79 Å². The minimum Gasteiger partial charge on any atom is -0.340 e. The maximum Gasteiger partial charge on any atom is 0.239 e. The Bertz CT molecular complexity index is 465. The second-order valence-corrected chi connectivity index (χ2v) is 4.76. The van der Waals surface area contributed by atoms with Gasteiger partial charge >= 0.3 is 0 Å². The van der Waals surface area contributed by atoms with E-state index in [1.54, 1.807) is 24.1 Å². The predicted molar refractivity (Wildman–Crippen MR) is 75.1 cm³/mol. The van der Waals surface area contributed by atoms with Gasteiger partial charge < -0.3 is 10.6 Å². The van der Waals surface area contributed by atoms with Crippen molar-refractivity contribution in [1.29, 1.82) is 5.26 Å². The van der Waals surface area contributed by atoms with Gasteiger partial charge in [0.05, 0.1) is 17.7 Å². The Hall–Kier alpha value is -1.86. The van der Waals surface area contributed by atoms with Crippen LogP contribution in [-0.2, 0) is 11.3 Å². The summed E-state index contributed by atoms with van der Waals surface area (Å²) in [6.45, 7) is 2.56. The number of hydrogen-bond donors (Lipinski definition) is 1. The highest BCUT2D eigenvalue weighted by atomic mass is 16.2. The molecule has 1 rings (SSSR count). The van der Waals surface area contributed by atoms with Crippen molar-refractivity contribution in [3.63, 3.8) is 0 Å². The maximum absolute atomic E-state index is 12.0. The van der Waals surface area contributed by atoms with Crippen molar-refractivity contribution in [3.05, 3.63) is 35.4 Å². The first-order chi connectivity index (χ1) is 9.08. The van der Waals surface area contributed by atoms with Crippen molar-refractivity contribution in [2.24, 2.45) is 5.73 Å². The molecule has 4 heteroatoms. The Balaban J connectivity index is 2.60. The van der Waals surface area contributed by atoms with E-state index < -0.39 is 6.04 Å². The van der Waals surface area contributed by atoms with E-state index in [0.29, 0.717) is 12.1 Å². The highest BCUT2D eigenvalue weighted by molar-refractivity contribution is 5.81. The molecule has 1 aromatic rings. The number of hydrogen-bond acceptors (Lipinski definition) is 3. The molecule has 0 unspecified atom stereocenters. The van der Waals surface area contributed by atoms with Crippen LogP contribution in [0.5, 0.6) is 0 Å². The number of rotatable bonds is 6. The molecule has 0 bridgehead atoms. The number of carbonyl (C=O) groups is 1. The number of nitrogens with two attached hydrogens (primary N) is 1. The van der Waals surface area contributed by atoms with Gasteiger partial charge in [0.25, 0.3) is 0 Å². The van der Waals surface area contributed by atoms with Gasteiger partial charge in [0.2, 0.25) is 5.91 Å². The fourth-order valence-corrected chi connectivity index (χ4v) is 1.92. The van der Waals surface area contributed by atoms with Crippen LogP contribution in [0.4, 0.5) is 0 Å². The van der Waals surface area contributed by atoms with Gasteiger partial charge in [0.15, 0.2) is 0 Å². The summed E-state index contributed by atoms with van der Waals surface area (Å²) in [6, 6.07) is 8.93. The summed E-state index contributed by atoms with van der Waals surface area (Å²) in [7, 11) is 1.74. The lowest BCUT2D eigenvalue weighted by molar-refractivity contribution is -0.132. The van der Waals surface area contributed by atoms with Crippen LogP contribution in [0.1, 0.15) is 37.3 Å². The van der Waals surface area contributed by atoms with E-state index >= 15 is 0 Å². The number of carbonyl (C=O) groups excluding carboxylic acids is 1. The molecule has 4 nitrogen and oxygen atoms in total. The molecule has 102 valence electrons. The highest BCUT2D eigenvalue weighted by Gasteiger charge is 2.17. The molecule has 1 aromatic carbocycles. The largest absolute Gasteiger partial charge is 0.340 e. The predicted octanol–water partition coefficient (Wildman–Crippen LogP) is 2.03. The smallest absolute Gasteiger partial charge is 0.239 e. The lowest BCUT2D eigenvalue weighted by atomic mass is 10.1. The molecule has 0 aromatic heterocycles. The number of nitriles is 1. The van der Waals surface area contributed by atoms with Crippen LogP contribution in [0.2, 0.25) is 0 Å². The van der Waals surface area contributed by atoms with E-state index in [4.69, 9.17) is 11.0 Å². The van der Waals surface area contributed by atoms with Crippen LogP contribution < -0.4 is 5.73 Å². The molecule has 1 amide bonds. The molecule has 2 N–H and O–H groups in total. The van der Waals surface area contributed by atoms with E-state index in [9.17, 15) is 4.79 Å². The van der Waals surface area contributed by atoms with Crippen LogP contribution in [0.25, 0.3) is 0 Å². The Kier molecular flexibility index (Phi) is 6.04. The fraction of sp³-hybridized carbons (Fsp3) is 0.467. The SMILES string of the molecule is CCCC[C@H](N)C(=O)N(C)Cc1cccc(C#N)c1. The van der Waals surface area contributed by atoms with Crippen molar-refractivity contribution < 1.29 is 4.79 Å². The zero-order valence-electron chi connectivity index (χ0n) is 11.6. The number of unbranched alkanes of at least 4 members (excludes halogenated alkanes) is 1. The molecule has 0 saturated heterocycles. The standard InChI is InChI=1S/C15H21N3O/c1-3-4-8-14(17)15(19)18(2)11-13-7-5-6-12(9-13)10-16/h5-7,9,14H,3-4,8,11,17H2,1-2H3/t14-/m0/s1. The monoisotopic (exact) mass is 259 g/mol. The molecule has 0 saturated carbocycles. The Morgan fingerprint density at radius 1 is 1.53 bits per heavy atom. The zero-order chi connectivity index (χ0) is 14.3. The van der Waals surface area contributed by atoms with Gasteiger partial charge in [-0.05, 0) is 24.1 Å². The van der Waals surface area contributed by atoms with Gasteiger partial charge in [0, 0.05) is 13.6 Å². The Labute approximate surface area is 114 Å². The first-order valence-electron chi connectivity index (χ1n) is 6.58. The van der Waals surface area contributed by atoms with Gasteiger partial charge in [-0.25, -0.2) is 0 Å². The van der Waals surface area contributed by atoms with Crippen LogP contribution in [0.15, 0.2) is 24.3 Å². The summed E-state index contributed by atoms with van der Waals surface area (Å²) in [4.78, 5) is 13.7. The molecular weight excluding hydrogens is 238 g/mol. The number of amides is 1. The molecule has 0 heterocycles. The fourth-order valence-electron chi connectivity index (χ4n) is 1.92. The highest BCUT2D eigenvalue weighted by Crippen LogP contribution is 2.09. The number of likely N-dealkylation sites (N-methyl/N-ethyl adjacent to an activating group) is 1. The first-order valence-corrected chi connectivity index (χ1v) is 6.58. The zero-order valence-corrected chi connectivity index (χ0v) is 11.6. The van der Waals surface area contributed by atoms with Gasteiger partial charge in [-0.2, -0.15) is 5.26 Å². The summed E-state index contributed by atoms with van der Waals surface area (Å²) >= 11 is 0. The Morgan fingerprint density at radius 2 is 2.26 bits per heavy atom. The summed E-state index contributed by atoms with van der Waals surface area (Å²) < 4.78 is 0. The van der Waals surface area contributed by atoms with Crippen molar-refractivity contribution >= 4 is 5.91 Å². The topological polar surface area (TPSA) is 70.1 Å². The van der Waals surface area contributed by atoms with Crippen molar-refractivity contribution in [3.8, 4) is 6.07 Å². The van der Waals surface area contributed by atoms with E-state index in [1.807, 2.05) is 12.1 Å². The second-order valence-electron chi connectivity index (χ2n) is 4.76. The molecule has 19 heavy (non-hydrogen) atoms. The average molecular weight is 259 g/mol. The van der Waals surface area contributed by atoms with Crippen LogP contribution >= 0.6 is 0 Å². The summed E-state index contributed by atoms with van der Waals surface area (Å²) in [5.74, 6) is -0.0455. The number of benzene rings is 1. The molecule has 0 aliphatic heterocycles. The summed E-state index contributed by atoms with van der Waals surface area (Å²) in [5, 5.41) is 8.84. The molecule has 0 aliphatic carbocycles. The number of nitrogens with zero attached hydrogens (tertiary/aromatic N) is 2. The van der Waals surface area contributed by atoms with Gasteiger partial charge in [-0.1, -0.05) is 31.9 Å². The molecule has 1 atom stereocenters. The van der Waals surface area contributed by atoms with E-state index in [2.05, 4.69) is 13.0 Å². The third-order valence-electron chi connectivity index (χ3n) is 3.04. The van der Waals surface area contributed by atoms with Crippen LogP contribution in [-0.4, -0.2) is 23.9 Å². The minimum absolute atomic E-state index is 0.0455. The van der Waals surface area contributed by atoms with Crippen molar-refractivity contribution in [1.82, 2.24) is 4.90 Å². The third kappa shape index (κ3) is 4.72. The second kappa shape index (κ2) is 7.55. The lowest BCUT2D eigenvalue weighted by Gasteiger charge is -2.21. The Morgan fingerprint density at radius 3 is 2.89 bits per heavy atom. The first kappa shape index (κ1) is 15.2. The van der Waals surface area contributed by atoms with Crippen LogP contribution in [0, 0.1) is 11.3 Å². The van der Waals surface area contributed by atoms with E-state index in [0.717, 1.165) is 24.8 Å². The molecule has 0 spiro atoms. The lowest BCUT2D eigenvalue weighted by Crippen LogP contribution is -2.41. The summed E-state index contributed by atoms with van der Waals surface area (Å²) in [6.07, 6.45) is 2.72. The van der Waals surface area contributed by atoms with Gasteiger partial charge in [0.1, 0.15) is 0 Å². The minimum atomic E-state index is -0.427. The molecular formula is C15H21N3O. The van der Waals surface area contributed by atoms with Crippen molar-refractivity contribution in [2.45, 2.75) is 38.8 Å².